The van der Waals surface area contributed by atoms with E-state index in [0.717, 1.165) is 31.6 Å². The molecule has 3 aromatic rings. The zero-order chi connectivity index (χ0) is 28.3. The Hall–Kier alpha value is -4.22. The lowest BCUT2D eigenvalue weighted by molar-refractivity contribution is -0.0498. The monoisotopic (exact) mass is 553 g/mol. The Bertz CT molecular complexity index is 1250. The van der Waals surface area contributed by atoms with Gasteiger partial charge in [-0.15, -0.1) is 0 Å². The van der Waals surface area contributed by atoms with E-state index < -0.39 is 12.6 Å². The second kappa shape index (κ2) is 14.2. The zero-order valence-electron chi connectivity index (χ0n) is 21.9. The maximum atomic E-state index is 12.9. The van der Waals surface area contributed by atoms with E-state index in [2.05, 4.69) is 25.6 Å². The third kappa shape index (κ3) is 8.65. The maximum Gasteiger partial charge on any atom is 0.387 e. The van der Waals surface area contributed by atoms with Gasteiger partial charge < -0.3 is 31.2 Å². The molecule has 1 fully saturated rings. The van der Waals surface area contributed by atoms with Crippen molar-refractivity contribution >= 4 is 29.0 Å². The molecule has 1 aliphatic rings. The summed E-state index contributed by atoms with van der Waals surface area (Å²) in [5, 5.41) is 8.54. The number of benzene rings is 3. The lowest BCUT2D eigenvalue weighted by atomic mass is 10.00. The summed E-state index contributed by atoms with van der Waals surface area (Å²) < 4.78 is 34.6. The van der Waals surface area contributed by atoms with Crippen molar-refractivity contribution in [3.05, 3.63) is 83.9 Å². The number of carbonyl (C=O) groups is 2. The fraction of sp³-hybridized carbons (Fsp3) is 0.310. The molecular weight excluding hydrogens is 520 g/mol. The molecular formula is C29H33F2N5O4. The minimum absolute atomic E-state index is 0.000949. The lowest BCUT2D eigenvalue weighted by Gasteiger charge is -2.27. The fourth-order valence-electron chi connectivity index (χ4n) is 4.38. The van der Waals surface area contributed by atoms with Crippen molar-refractivity contribution in [3.8, 4) is 5.75 Å². The molecule has 11 heteroatoms. The van der Waals surface area contributed by atoms with E-state index in [1.165, 1.54) is 24.3 Å². The number of para-hydroxylation sites is 2. The van der Waals surface area contributed by atoms with E-state index in [1.807, 2.05) is 12.1 Å². The van der Waals surface area contributed by atoms with Crippen LogP contribution in [0.4, 0.5) is 30.6 Å². The molecule has 212 valence electrons. The van der Waals surface area contributed by atoms with Crippen molar-refractivity contribution in [2.45, 2.75) is 25.5 Å². The van der Waals surface area contributed by atoms with Crippen LogP contribution in [-0.4, -0.2) is 56.3 Å². The van der Waals surface area contributed by atoms with Crippen molar-refractivity contribution in [2.75, 3.05) is 49.2 Å². The summed E-state index contributed by atoms with van der Waals surface area (Å²) >= 11 is 0. The van der Waals surface area contributed by atoms with Gasteiger partial charge in [0.2, 0.25) is 0 Å². The van der Waals surface area contributed by atoms with Gasteiger partial charge in [-0.3, -0.25) is 9.69 Å². The van der Waals surface area contributed by atoms with Crippen LogP contribution in [0.25, 0.3) is 0 Å². The van der Waals surface area contributed by atoms with Crippen molar-refractivity contribution in [3.63, 3.8) is 0 Å². The van der Waals surface area contributed by atoms with Crippen LogP contribution in [0.15, 0.2) is 72.8 Å². The van der Waals surface area contributed by atoms with Gasteiger partial charge in [0.25, 0.3) is 5.91 Å². The Morgan fingerprint density at radius 3 is 2.33 bits per heavy atom. The van der Waals surface area contributed by atoms with Gasteiger partial charge in [0.1, 0.15) is 5.75 Å². The molecule has 1 heterocycles. The number of hydrogen-bond donors (Lipinski definition) is 4. The van der Waals surface area contributed by atoms with Crippen molar-refractivity contribution in [2.24, 2.45) is 0 Å². The van der Waals surface area contributed by atoms with E-state index in [-0.39, 0.29) is 17.7 Å². The number of urea groups is 1. The minimum atomic E-state index is -2.92. The Balaban J connectivity index is 1.40. The largest absolute Gasteiger partial charge is 0.435 e. The van der Waals surface area contributed by atoms with Crippen LogP contribution >= 0.6 is 0 Å². The molecule has 4 rings (SSSR count). The SMILES string of the molecule is Nc1ccccc1NC(=O)c1ccc(C(CCCN2CCOCC2)NC(=O)Nc2ccc(OC(F)F)cc2)cc1. The van der Waals surface area contributed by atoms with Crippen LogP contribution in [0.3, 0.4) is 0 Å². The average molecular weight is 554 g/mol. The van der Waals surface area contributed by atoms with Gasteiger partial charge in [-0.2, -0.15) is 8.78 Å². The highest BCUT2D eigenvalue weighted by Crippen LogP contribution is 2.23. The van der Waals surface area contributed by atoms with Gasteiger partial charge >= 0.3 is 12.6 Å². The summed E-state index contributed by atoms with van der Waals surface area (Å²) in [5.41, 5.74) is 8.66. The first-order chi connectivity index (χ1) is 19.4. The third-order valence-corrected chi connectivity index (χ3v) is 6.50. The van der Waals surface area contributed by atoms with Crippen LogP contribution in [0.5, 0.6) is 5.75 Å². The summed E-state index contributed by atoms with van der Waals surface area (Å²) in [4.78, 5) is 27.9. The number of amides is 3. The number of nitrogen functional groups attached to an aromatic ring is 1. The number of nitrogens with two attached hydrogens (primary N) is 1. The Kier molecular flexibility index (Phi) is 10.3. The molecule has 0 aromatic heterocycles. The Labute approximate surface area is 231 Å². The molecule has 5 N–H and O–H groups in total. The highest BCUT2D eigenvalue weighted by atomic mass is 19.3. The lowest BCUT2D eigenvalue weighted by Crippen LogP contribution is -2.37. The minimum Gasteiger partial charge on any atom is -0.435 e. The average Bonchev–Trinajstić information content (AvgIpc) is 2.95. The van der Waals surface area contributed by atoms with Gasteiger partial charge in [-0.1, -0.05) is 24.3 Å². The molecule has 0 bridgehead atoms. The van der Waals surface area contributed by atoms with Crippen LogP contribution < -0.4 is 26.4 Å². The van der Waals surface area contributed by atoms with Crippen LogP contribution in [0.2, 0.25) is 0 Å². The van der Waals surface area contributed by atoms with E-state index >= 15 is 0 Å². The second-order valence-electron chi connectivity index (χ2n) is 9.31. The van der Waals surface area contributed by atoms with Gasteiger partial charge in [-0.05, 0) is 73.5 Å². The number of rotatable bonds is 11. The van der Waals surface area contributed by atoms with Crippen molar-refractivity contribution in [1.29, 1.82) is 0 Å². The third-order valence-electron chi connectivity index (χ3n) is 6.50. The van der Waals surface area contributed by atoms with Crippen LogP contribution in [0.1, 0.15) is 34.8 Å². The molecule has 9 nitrogen and oxygen atoms in total. The van der Waals surface area contributed by atoms with Crippen LogP contribution in [0, 0.1) is 0 Å². The van der Waals surface area contributed by atoms with Crippen molar-refractivity contribution < 1.29 is 27.8 Å². The highest BCUT2D eigenvalue weighted by Gasteiger charge is 2.18. The molecule has 3 amide bonds. The number of hydrogen-bond acceptors (Lipinski definition) is 6. The van der Waals surface area contributed by atoms with E-state index in [9.17, 15) is 18.4 Å². The smallest absolute Gasteiger partial charge is 0.387 e. The number of nitrogens with zero attached hydrogens (tertiary/aromatic N) is 1. The number of nitrogens with one attached hydrogen (secondary N) is 3. The first kappa shape index (κ1) is 28.8. The summed E-state index contributed by atoms with van der Waals surface area (Å²) in [6.45, 7) is 1.12. The summed E-state index contributed by atoms with van der Waals surface area (Å²) in [6.07, 6.45) is 1.50. The Morgan fingerprint density at radius 2 is 1.65 bits per heavy atom. The normalized spacial score (nSPS) is 14.4. The molecule has 1 aliphatic heterocycles. The summed E-state index contributed by atoms with van der Waals surface area (Å²) in [6, 6.07) is 19.0. The topological polar surface area (TPSA) is 118 Å². The molecule has 0 saturated carbocycles. The van der Waals surface area contributed by atoms with Gasteiger partial charge in [0, 0.05) is 24.3 Å². The second-order valence-corrected chi connectivity index (χ2v) is 9.31. The quantitative estimate of drug-likeness (QED) is 0.246. The van der Waals surface area contributed by atoms with E-state index in [4.69, 9.17) is 10.5 Å². The fourth-order valence-corrected chi connectivity index (χ4v) is 4.38. The molecule has 40 heavy (non-hydrogen) atoms. The van der Waals surface area contributed by atoms with E-state index in [0.29, 0.717) is 42.3 Å². The number of ether oxygens (including phenoxy) is 2. The first-order valence-corrected chi connectivity index (χ1v) is 13.1. The molecule has 3 aromatic carbocycles. The molecule has 0 aliphatic carbocycles. The number of halogens is 2. The molecule has 0 radical (unpaired) electrons. The van der Waals surface area contributed by atoms with Gasteiger partial charge in [0.15, 0.2) is 0 Å². The number of carbonyl (C=O) groups excluding carboxylic acids is 2. The van der Waals surface area contributed by atoms with Gasteiger partial charge in [0.05, 0.1) is 30.6 Å². The summed E-state index contributed by atoms with van der Waals surface area (Å²) in [7, 11) is 0. The van der Waals surface area contributed by atoms with Crippen molar-refractivity contribution in [1.82, 2.24) is 10.2 Å². The number of alkyl halides is 2. The predicted molar refractivity (Wildman–Crippen MR) is 150 cm³/mol. The molecule has 0 spiro atoms. The summed E-state index contributed by atoms with van der Waals surface area (Å²) in [5.74, 6) is -0.292. The predicted octanol–water partition coefficient (Wildman–Crippen LogP) is 5.10. The van der Waals surface area contributed by atoms with Crippen LogP contribution in [-0.2, 0) is 4.74 Å². The molecule has 1 unspecified atom stereocenters. The number of anilines is 3. The van der Waals surface area contributed by atoms with Gasteiger partial charge in [-0.25, -0.2) is 4.79 Å². The highest BCUT2D eigenvalue weighted by molar-refractivity contribution is 6.05. The standard InChI is InChI=1S/C29H33F2N5O4/c30-28(31)40-23-13-11-22(12-14-23)33-29(38)35-25(6-3-15-36-16-18-39-19-17-36)20-7-9-21(10-8-20)27(37)34-26-5-2-1-4-24(26)32/h1-2,4-5,7-14,25,28H,3,6,15-19,32H2,(H,34,37)(H2,33,35,38). The zero-order valence-corrected chi connectivity index (χ0v) is 21.9. The molecule has 1 atom stereocenters. The number of morpholine rings is 1. The van der Waals surface area contributed by atoms with E-state index in [1.54, 1.807) is 36.4 Å². The Morgan fingerprint density at radius 1 is 0.950 bits per heavy atom. The maximum absolute atomic E-state index is 12.9. The first-order valence-electron chi connectivity index (χ1n) is 13.1. The molecule has 1 saturated heterocycles.